The van der Waals surface area contributed by atoms with Crippen molar-refractivity contribution < 1.29 is 14.6 Å². The summed E-state index contributed by atoms with van der Waals surface area (Å²) in [5.41, 5.74) is 11.7. The van der Waals surface area contributed by atoms with Crippen molar-refractivity contribution >= 4 is 28.8 Å². The average molecular weight is 561 g/mol. The number of aromatic nitrogens is 2. The summed E-state index contributed by atoms with van der Waals surface area (Å²) in [7, 11) is 0. The van der Waals surface area contributed by atoms with Gasteiger partial charge in [0, 0.05) is 18.3 Å². The SMILES string of the molecule is CCc1cc(O)ccc1N=C(N)c1cnn2cc(C3CCCCC3)cc2c1N[C@@H]1CC[C@H](NC(=O)OC(C)(C)C)C1. The van der Waals surface area contributed by atoms with Crippen LogP contribution in [0.2, 0.25) is 0 Å². The van der Waals surface area contributed by atoms with Crippen LogP contribution in [0.5, 0.6) is 5.75 Å². The zero-order chi connectivity index (χ0) is 29.1. The van der Waals surface area contributed by atoms with Gasteiger partial charge in [0.05, 0.1) is 28.7 Å². The highest BCUT2D eigenvalue weighted by Crippen LogP contribution is 2.36. The number of rotatable bonds is 7. The number of carbonyl (C=O) groups is 1. The average Bonchev–Trinajstić information content (AvgIpc) is 3.56. The van der Waals surface area contributed by atoms with Crippen molar-refractivity contribution in [1.82, 2.24) is 14.9 Å². The van der Waals surface area contributed by atoms with Crippen LogP contribution in [-0.4, -0.2) is 44.3 Å². The quantitative estimate of drug-likeness (QED) is 0.192. The van der Waals surface area contributed by atoms with Crippen LogP contribution in [0.1, 0.15) is 102 Å². The number of hydrogen-bond acceptors (Lipinski definition) is 6. The molecular formula is C32H44N6O3. The molecule has 3 aromatic rings. The lowest BCUT2D eigenvalue weighted by Gasteiger charge is -2.22. The first kappa shape index (κ1) is 28.8. The van der Waals surface area contributed by atoms with E-state index in [2.05, 4.69) is 22.9 Å². The number of phenols is 1. The Bertz CT molecular complexity index is 1420. The predicted octanol–water partition coefficient (Wildman–Crippen LogP) is 6.54. The maximum atomic E-state index is 12.4. The van der Waals surface area contributed by atoms with E-state index in [1.54, 1.807) is 24.4 Å². The molecule has 2 saturated carbocycles. The molecule has 41 heavy (non-hydrogen) atoms. The molecule has 0 aliphatic heterocycles. The second-order valence-electron chi connectivity index (χ2n) is 12.5. The maximum absolute atomic E-state index is 12.4. The number of hydrogen-bond donors (Lipinski definition) is 4. The van der Waals surface area contributed by atoms with E-state index in [4.69, 9.17) is 20.6 Å². The summed E-state index contributed by atoms with van der Waals surface area (Å²) in [6.07, 6.45) is 13.1. The number of amides is 1. The second-order valence-corrected chi connectivity index (χ2v) is 12.5. The number of aryl methyl sites for hydroxylation is 1. The topological polar surface area (TPSA) is 126 Å². The summed E-state index contributed by atoms with van der Waals surface area (Å²) < 4.78 is 7.43. The Morgan fingerprint density at radius 1 is 1.15 bits per heavy atom. The fourth-order valence-corrected chi connectivity index (χ4v) is 6.16. The van der Waals surface area contributed by atoms with Gasteiger partial charge < -0.3 is 26.2 Å². The Labute approximate surface area is 242 Å². The van der Waals surface area contributed by atoms with Crippen molar-refractivity contribution in [3.63, 3.8) is 0 Å². The number of benzene rings is 1. The smallest absolute Gasteiger partial charge is 0.407 e. The number of nitrogens with one attached hydrogen (secondary N) is 2. The molecule has 0 radical (unpaired) electrons. The van der Waals surface area contributed by atoms with Gasteiger partial charge in [0.2, 0.25) is 0 Å². The van der Waals surface area contributed by atoms with Crippen LogP contribution >= 0.6 is 0 Å². The summed E-state index contributed by atoms with van der Waals surface area (Å²) in [5.74, 6) is 1.12. The number of fused-ring (bicyclic) bond motifs is 1. The molecule has 1 amide bonds. The molecule has 0 unspecified atom stereocenters. The Morgan fingerprint density at radius 3 is 2.63 bits per heavy atom. The number of alkyl carbamates (subject to hydrolysis) is 1. The van der Waals surface area contributed by atoms with E-state index in [0.717, 1.165) is 53.7 Å². The summed E-state index contributed by atoms with van der Waals surface area (Å²) in [5, 5.41) is 21.5. The number of nitrogens with zero attached hydrogens (tertiary/aromatic N) is 3. The van der Waals surface area contributed by atoms with Crippen LogP contribution in [-0.2, 0) is 11.2 Å². The van der Waals surface area contributed by atoms with E-state index in [1.807, 2.05) is 32.2 Å². The molecule has 9 nitrogen and oxygen atoms in total. The minimum absolute atomic E-state index is 0.0309. The number of amidine groups is 1. The van der Waals surface area contributed by atoms with Crippen molar-refractivity contribution in [2.45, 2.75) is 109 Å². The Balaban J connectivity index is 1.46. The third kappa shape index (κ3) is 6.94. The van der Waals surface area contributed by atoms with E-state index >= 15 is 0 Å². The maximum Gasteiger partial charge on any atom is 0.407 e. The van der Waals surface area contributed by atoms with E-state index < -0.39 is 5.60 Å². The molecule has 2 heterocycles. The van der Waals surface area contributed by atoms with Gasteiger partial charge in [0.15, 0.2) is 0 Å². The fourth-order valence-electron chi connectivity index (χ4n) is 6.16. The van der Waals surface area contributed by atoms with Gasteiger partial charge in [-0.15, -0.1) is 0 Å². The summed E-state index contributed by atoms with van der Waals surface area (Å²) in [6.45, 7) is 7.64. The van der Waals surface area contributed by atoms with Gasteiger partial charge in [-0.25, -0.2) is 14.3 Å². The van der Waals surface area contributed by atoms with Crippen LogP contribution in [0.4, 0.5) is 16.2 Å². The highest BCUT2D eigenvalue weighted by Gasteiger charge is 2.29. The molecule has 2 fully saturated rings. The van der Waals surface area contributed by atoms with Crippen molar-refractivity contribution in [1.29, 1.82) is 0 Å². The molecule has 0 spiro atoms. The molecule has 5 N–H and O–H groups in total. The Kier molecular flexibility index (Phi) is 8.42. The zero-order valence-corrected chi connectivity index (χ0v) is 24.7. The molecule has 9 heteroatoms. The van der Waals surface area contributed by atoms with Gasteiger partial charge in [-0.05, 0) is 101 Å². The second kappa shape index (κ2) is 12.0. The first-order valence-corrected chi connectivity index (χ1v) is 15.0. The van der Waals surface area contributed by atoms with Crippen LogP contribution in [0.25, 0.3) is 5.52 Å². The molecule has 2 atom stereocenters. The van der Waals surface area contributed by atoms with E-state index in [-0.39, 0.29) is 23.9 Å². The highest BCUT2D eigenvalue weighted by atomic mass is 16.6. The Hall–Kier alpha value is -3.75. The number of phenolic OH excluding ortho intramolecular Hbond substituents is 1. The van der Waals surface area contributed by atoms with Gasteiger partial charge in [0.25, 0.3) is 0 Å². The molecule has 2 aliphatic carbocycles. The van der Waals surface area contributed by atoms with E-state index in [1.165, 1.54) is 37.7 Å². The summed E-state index contributed by atoms with van der Waals surface area (Å²) in [6, 6.07) is 7.58. The van der Waals surface area contributed by atoms with Crippen molar-refractivity contribution in [3.8, 4) is 5.75 Å². The van der Waals surface area contributed by atoms with Crippen LogP contribution in [0.15, 0.2) is 41.7 Å². The molecule has 0 saturated heterocycles. The Morgan fingerprint density at radius 2 is 1.90 bits per heavy atom. The lowest BCUT2D eigenvalue weighted by Crippen LogP contribution is -2.38. The normalized spacial score (nSPS) is 20.3. The third-order valence-electron chi connectivity index (χ3n) is 8.20. The number of aliphatic imine (C=N–C) groups is 1. The molecule has 2 aliphatic rings. The van der Waals surface area contributed by atoms with E-state index in [9.17, 15) is 9.90 Å². The predicted molar refractivity (Wildman–Crippen MR) is 163 cm³/mol. The number of aromatic hydroxyl groups is 1. The minimum atomic E-state index is -0.533. The molecule has 2 aromatic heterocycles. The van der Waals surface area contributed by atoms with Gasteiger partial charge in [-0.3, -0.25) is 0 Å². The lowest BCUT2D eigenvalue weighted by molar-refractivity contribution is 0.0505. The van der Waals surface area contributed by atoms with Crippen molar-refractivity contribution in [2.75, 3.05) is 5.32 Å². The highest BCUT2D eigenvalue weighted by molar-refractivity contribution is 6.06. The third-order valence-corrected chi connectivity index (χ3v) is 8.20. The molecule has 1 aromatic carbocycles. The monoisotopic (exact) mass is 560 g/mol. The number of nitrogens with two attached hydrogens (primary N) is 1. The van der Waals surface area contributed by atoms with Crippen LogP contribution < -0.4 is 16.4 Å². The van der Waals surface area contributed by atoms with Crippen LogP contribution in [0, 0.1) is 0 Å². The van der Waals surface area contributed by atoms with Gasteiger partial charge in [0.1, 0.15) is 17.2 Å². The van der Waals surface area contributed by atoms with Crippen molar-refractivity contribution in [3.05, 3.63) is 53.3 Å². The van der Waals surface area contributed by atoms with Crippen molar-refractivity contribution in [2.24, 2.45) is 10.7 Å². The lowest BCUT2D eigenvalue weighted by atomic mass is 9.85. The van der Waals surface area contributed by atoms with E-state index in [0.29, 0.717) is 11.8 Å². The molecule has 5 rings (SSSR count). The van der Waals surface area contributed by atoms with Gasteiger partial charge in [-0.2, -0.15) is 5.10 Å². The first-order valence-electron chi connectivity index (χ1n) is 15.0. The zero-order valence-electron chi connectivity index (χ0n) is 24.7. The first-order chi connectivity index (χ1) is 19.6. The van der Waals surface area contributed by atoms with Crippen LogP contribution in [0.3, 0.4) is 0 Å². The summed E-state index contributed by atoms with van der Waals surface area (Å²) in [4.78, 5) is 17.2. The molecule has 0 bridgehead atoms. The standard InChI is InChI=1S/C32H44N6O3/c1-5-20-15-25(39)13-14-27(20)37-30(33)26-18-34-38-19-22(21-9-7-6-8-10-21)16-28(38)29(26)35-23-11-12-24(17-23)36-31(40)41-32(2,3)4/h13-16,18-19,21,23-24,35,39H,5-12,17H2,1-4H3,(H2,33,37)(H,36,40)/t23-,24+/m1/s1. The number of anilines is 1. The minimum Gasteiger partial charge on any atom is -0.508 e. The van der Waals surface area contributed by atoms with Gasteiger partial charge in [-0.1, -0.05) is 26.2 Å². The van der Waals surface area contributed by atoms with Gasteiger partial charge >= 0.3 is 6.09 Å². The molecular weight excluding hydrogens is 516 g/mol. The molecule has 220 valence electrons. The largest absolute Gasteiger partial charge is 0.508 e. The number of carbonyl (C=O) groups excluding carboxylic acids is 1. The fraction of sp³-hybridized carbons (Fsp3) is 0.531. The number of ether oxygens (including phenoxy) is 1. The summed E-state index contributed by atoms with van der Waals surface area (Å²) >= 11 is 0.